The largest absolute Gasteiger partial charge is 0.490 e. The lowest BCUT2D eigenvalue weighted by molar-refractivity contribution is -0.133. The lowest BCUT2D eigenvalue weighted by Gasteiger charge is -2.30. The van der Waals surface area contributed by atoms with Crippen LogP contribution in [0.3, 0.4) is 0 Å². The van der Waals surface area contributed by atoms with Crippen LogP contribution in [0.2, 0.25) is 0 Å². The van der Waals surface area contributed by atoms with E-state index in [1.807, 2.05) is 0 Å². The van der Waals surface area contributed by atoms with Crippen molar-refractivity contribution in [1.82, 2.24) is 4.90 Å². The summed E-state index contributed by atoms with van der Waals surface area (Å²) in [6.07, 6.45) is 4.42. The first-order valence-corrected chi connectivity index (χ1v) is 9.75. The van der Waals surface area contributed by atoms with E-state index in [-0.39, 0.29) is 29.0 Å². The third-order valence-electron chi connectivity index (χ3n) is 5.60. The summed E-state index contributed by atoms with van der Waals surface area (Å²) in [6, 6.07) is -0.522. The fraction of sp³-hybridized carbons (Fsp3) is 0.556. The van der Waals surface area contributed by atoms with Gasteiger partial charge in [-0.2, -0.15) is 0 Å². The lowest BCUT2D eigenvalue weighted by Crippen LogP contribution is -2.43. The molecule has 3 aliphatic rings. The maximum Gasteiger partial charge on any atom is 0.354 e. The number of carbonyl (C=O) groups excluding carboxylic acids is 2. The first-order valence-electron chi connectivity index (χ1n) is 8.90. The summed E-state index contributed by atoms with van der Waals surface area (Å²) in [4.78, 5) is 26.3. The number of allylic oxidation sites excluding steroid dienone is 2. The van der Waals surface area contributed by atoms with Crippen LogP contribution < -0.4 is 0 Å². The fourth-order valence-electron chi connectivity index (χ4n) is 3.80. The number of nitrogens with one attached hydrogen (secondary N) is 2. The van der Waals surface area contributed by atoms with Gasteiger partial charge in [0.1, 0.15) is 11.5 Å². The predicted molar refractivity (Wildman–Crippen MR) is 105 cm³/mol. The zero-order valence-corrected chi connectivity index (χ0v) is 17.7. The molecule has 1 heterocycles. The van der Waals surface area contributed by atoms with Gasteiger partial charge in [-0.05, 0) is 6.92 Å². The minimum atomic E-state index is -3.02. The molecule has 0 aromatic carbocycles. The molecule has 7 nitrogen and oxygen atoms in total. The molecule has 2 aliphatic carbocycles. The molecule has 1 saturated heterocycles. The number of hydrogen-bond donors (Lipinski definition) is 2. The van der Waals surface area contributed by atoms with Gasteiger partial charge in [0.2, 0.25) is 5.91 Å². The molecule has 0 saturated carbocycles. The van der Waals surface area contributed by atoms with Crippen LogP contribution in [0.15, 0.2) is 22.9 Å². The summed E-state index contributed by atoms with van der Waals surface area (Å²) in [5, 5.41) is 16.1. The Morgan fingerprint density at radius 3 is 2.66 bits per heavy atom. The van der Waals surface area contributed by atoms with Crippen LogP contribution in [0, 0.1) is 34.0 Å². The quantitative estimate of drug-likeness (QED) is 0.322. The van der Waals surface area contributed by atoms with E-state index in [0.29, 0.717) is 0 Å². The van der Waals surface area contributed by atoms with Crippen molar-refractivity contribution in [3.8, 4) is 0 Å². The third-order valence-corrected chi connectivity index (χ3v) is 6.24. The van der Waals surface area contributed by atoms with Crippen molar-refractivity contribution < 1.29 is 27.6 Å². The summed E-state index contributed by atoms with van der Waals surface area (Å²) in [7, 11) is 1.79. The second-order valence-electron chi connectivity index (χ2n) is 7.63. The average molecular weight is 448 g/mol. The van der Waals surface area contributed by atoms with Gasteiger partial charge in [0.15, 0.2) is 6.61 Å². The van der Waals surface area contributed by atoms with E-state index in [4.69, 9.17) is 27.2 Å². The number of ether oxygens (including phenoxy) is 1. The average Bonchev–Trinajstić information content (AvgIpc) is 3.54. The van der Waals surface area contributed by atoms with E-state index in [1.165, 1.54) is 4.90 Å². The van der Waals surface area contributed by atoms with E-state index < -0.39 is 47.7 Å². The molecule has 5 unspecified atom stereocenters. The number of alkyl halides is 2. The van der Waals surface area contributed by atoms with Crippen LogP contribution in [-0.2, 0) is 18.8 Å². The summed E-state index contributed by atoms with van der Waals surface area (Å²) in [5.41, 5.74) is -1.32. The third kappa shape index (κ3) is 3.82. The molecule has 3 rings (SSSR count). The number of carbonyl (C=O) groups is 2. The smallest absolute Gasteiger partial charge is 0.354 e. The maximum atomic E-state index is 13.1. The van der Waals surface area contributed by atoms with E-state index >= 15 is 0 Å². The van der Waals surface area contributed by atoms with Crippen LogP contribution in [0.25, 0.3) is 0 Å². The molecule has 158 valence electrons. The van der Waals surface area contributed by atoms with Crippen molar-refractivity contribution in [3.05, 3.63) is 22.9 Å². The lowest BCUT2D eigenvalue weighted by atomic mass is 9.86. The summed E-state index contributed by atoms with van der Waals surface area (Å²) < 4.78 is 35.7. The summed E-state index contributed by atoms with van der Waals surface area (Å²) in [5.74, 6) is -5.73. The summed E-state index contributed by atoms with van der Waals surface area (Å²) >= 11 is 6.11. The Balaban J connectivity index is 1.72. The van der Waals surface area contributed by atoms with Gasteiger partial charge < -0.3 is 19.6 Å². The fourth-order valence-corrected chi connectivity index (χ4v) is 4.29. The number of nitrogens with zero attached hydrogens (tertiary/aromatic N) is 1. The van der Waals surface area contributed by atoms with E-state index in [0.717, 1.165) is 13.1 Å². The monoisotopic (exact) mass is 447 g/mol. The Bertz CT molecular complexity index is 835. The predicted octanol–water partition coefficient (Wildman–Crippen LogP) is 2.76. The Morgan fingerprint density at radius 2 is 2.17 bits per heavy atom. The highest BCUT2D eigenvalue weighted by atomic mass is 35.5. The Kier molecular flexibility index (Phi) is 5.60. The normalized spacial score (nSPS) is 26.4. The van der Waals surface area contributed by atoms with Gasteiger partial charge in [0.05, 0.1) is 25.8 Å². The first kappa shape index (κ1) is 21.8. The SMILES string of the molecule is CC(C(C=N)C1C(Cl)=C1OCC(C)(F)F)N1CC(C(=N)C(=O)OP)C2(C=C2)C1=O. The number of amides is 1. The van der Waals surface area contributed by atoms with Crippen LogP contribution >= 0.6 is 21.1 Å². The van der Waals surface area contributed by atoms with Crippen molar-refractivity contribution in [2.24, 2.45) is 23.2 Å². The zero-order valence-electron chi connectivity index (χ0n) is 15.7. The summed E-state index contributed by atoms with van der Waals surface area (Å²) in [6.45, 7) is 1.73. The molecule has 0 bridgehead atoms. The highest BCUT2D eigenvalue weighted by Crippen LogP contribution is 2.53. The minimum Gasteiger partial charge on any atom is -0.490 e. The van der Waals surface area contributed by atoms with E-state index in [1.54, 1.807) is 28.5 Å². The molecule has 11 heteroatoms. The second-order valence-corrected chi connectivity index (χ2v) is 8.27. The molecule has 0 aromatic heterocycles. The molecule has 1 amide bonds. The Labute approximate surface area is 173 Å². The topological polar surface area (TPSA) is 104 Å². The molecule has 29 heavy (non-hydrogen) atoms. The van der Waals surface area contributed by atoms with Crippen molar-refractivity contribution in [2.45, 2.75) is 25.8 Å². The van der Waals surface area contributed by atoms with Crippen molar-refractivity contribution >= 4 is 44.9 Å². The highest BCUT2D eigenvalue weighted by Gasteiger charge is 2.61. The number of likely N-dealkylation sites (tertiary alicyclic amines) is 1. The molecular formula is C18H21ClF2N3O4P. The first-order chi connectivity index (χ1) is 13.5. The van der Waals surface area contributed by atoms with Crippen molar-refractivity contribution in [2.75, 3.05) is 13.2 Å². The Hall–Kier alpha value is -1.86. The van der Waals surface area contributed by atoms with Crippen LogP contribution in [-0.4, -0.2) is 53.8 Å². The van der Waals surface area contributed by atoms with E-state index in [2.05, 4.69) is 4.52 Å². The Morgan fingerprint density at radius 1 is 1.55 bits per heavy atom. The molecule has 0 aromatic rings. The van der Waals surface area contributed by atoms with Crippen LogP contribution in [0.1, 0.15) is 13.8 Å². The molecule has 1 spiro atoms. The standard InChI is InChI=1S/C18H21ClF2N3O4P/c1-8(9(5-22)11-12(19)14(11)27-7-17(2,20)21)24-6-10(13(23)15(25)28-29)18(3-4-18)16(24)26/h3-5,8-11,22-23H,6-7,29H2,1-2H3. The minimum absolute atomic E-state index is 0.101. The molecular weight excluding hydrogens is 427 g/mol. The van der Waals surface area contributed by atoms with Gasteiger partial charge in [-0.25, -0.2) is 13.6 Å². The highest BCUT2D eigenvalue weighted by molar-refractivity contribution is 7.11. The van der Waals surface area contributed by atoms with Crippen LogP contribution in [0.5, 0.6) is 0 Å². The number of rotatable bonds is 9. The van der Waals surface area contributed by atoms with Gasteiger partial charge in [0, 0.05) is 37.6 Å². The van der Waals surface area contributed by atoms with Crippen molar-refractivity contribution in [3.63, 3.8) is 0 Å². The second kappa shape index (κ2) is 7.43. The van der Waals surface area contributed by atoms with Gasteiger partial charge >= 0.3 is 5.97 Å². The molecule has 1 aliphatic heterocycles. The van der Waals surface area contributed by atoms with Crippen LogP contribution in [0.4, 0.5) is 8.78 Å². The number of hydrogen-bond acceptors (Lipinski definition) is 6. The molecule has 0 radical (unpaired) electrons. The maximum absolute atomic E-state index is 13.1. The van der Waals surface area contributed by atoms with Gasteiger partial charge in [-0.1, -0.05) is 23.8 Å². The van der Waals surface area contributed by atoms with Crippen molar-refractivity contribution in [1.29, 1.82) is 10.8 Å². The van der Waals surface area contributed by atoms with Gasteiger partial charge in [0.25, 0.3) is 5.92 Å². The molecule has 5 atom stereocenters. The van der Waals surface area contributed by atoms with Gasteiger partial charge in [-0.15, -0.1) is 0 Å². The van der Waals surface area contributed by atoms with E-state index in [9.17, 15) is 18.4 Å². The van der Waals surface area contributed by atoms with Gasteiger partial charge in [-0.3, -0.25) is 10.2 Å². The zero-order chi connectivity index (χ0) is 21.7. The molecule has 1 fully saturated rings. The molecule has 2 N–H and O–H groups in total. The number of halogens is 3.